The fourth-order valence-corrected chi connectivity index (χ4v) is 2.59. The van der Waals surface area contributed by atoms with Gasteiger partial charge in [-0.3, -0.25) is 4.98 Å². The average molecular weight is 301 g/mol. The predicted molar refractivity (Wildman–Crippen MR) is 84.6 cm³/mol. The Labute approximate surface area is 128 Å². The quantitative estimate of drug-likeness (QED) is 0.691. The number of halogens is 1. The number of imidazole rings is 1. The second-order valence-corrected chi connectivity index (χ2v) is 5.89. The minimum absolute atomic E-state index is 0.177. The van der Waals surface area contributed by atoms with E-state index in [0.717, 1.165) is 34.1 Å². The van der Waals surface area contributed by atoms with Gasteiger partial charge < -0.3 is 4.57 Å². The van der Waals surface area contributed by atoms with E-state index >= 15 is 0 Å². The molecule has 5 heteroatoms. The lowest BCUT2D eigenvalue weighted by Crippen LogP contribution is -2.08. The van der Waals surface area contributed by atoms with Crippen LogP contribution < -0.4 is 0 Å². The number of aromatic nitrogens is 4. The highest BCUT2D eigenvalue weighted by Crippen LogP contribution is 2.24. The van der Waals surface area contributed by atoms with Crippen molar-refractivity contribution in [3.05, 3.63) is 53.2 Å². The summed E-state index contributed by atoms with van der Waals surface area (Å²) in [5.41, 5.74) is 4.68. The number of hydrogen-bond acceptors (Lipinski definition) is 3. The Balaban J connectivity index is 2.14. The van der Waals surface area contributed by atoms with Crippen LogP contribution >= 0.6 is 11.6 Å². The smallest absolute Gasteiger partial charge is 0.160 e. The summed E-state index contributed by atoms with van der Waals surface area (Å²) in [6.07, 6.45) is 0. The van der Waals surface area contributed by atoms with Gasteiger partial charge in [0.1, 0.15) is 11.3 Å². The molecule has 3 aromatic heterocycles. The lowest BCUT2D eigenvalue weighted by molar-refractivity contribution is 0.718. The van der Waals surface area contributed by atoms with Crippen molar-refractivity contribution in [2.75, 3.05) is 0 Å². The summed E-state index contributed by atoms with van der Waals surface area (Å²) in [5, 5.41) is -0.177. The zero-order valence-electron chi connectivity index (χ0n) is 12.3. The Kier molecular flexibility index (Phi) is 3.64. The van der Waals surface area contributed by atoms with Gasteiger partial charge in [-0.2, -0.15) is 0 Å². The maximum absolute atomic E-state index is 6.29. The van der Waals surface area contributed by atoms with E-state index < -0.39 is 0 Å². The van der Waals surface area contributed by atoms with Gasteiger partial charge in [0.15, 0.2) is 5.65 Å². The second-order valence-electron chi connectivity index (χ2n) is 5.24. The summed E-state index contributed by atoms with van der Waals surface area (Å²) in [5.74, 6) is 0.827. The highest BCUT2D eigenvalue weighted by Gasteiger charge is 2.16. The summed E-state index contributed by atoms with van der Waals surface area (Å²) in [6.45, 7) is 6.52. The molecule has 4 nitrogen and oxygen atoms in total. The second kappa shape index (κ2) is 5.45. The van der Waals surface area contributed by atoms with E-state index in [-0.39, 0.29) is 5.38 Å². The monoisotopic (exact) mass is 300 g/mol. The van der Waals surface area contributed by atoms with Crippen LogP contribution in [0.2, 0.25) is 0 Å². The van der Waals surface area contributed by atoms with E-state index in [1.54, 1.807) is 0 Å². The van der Waals surface area contributed by atoms with E-state index in [0.29, 0.717) is 6.54 Å². The number of pyridine rings is 2. The summed E-state index contributed by atoms with van der Waals surface area (Å²) < 4.78 is 2.06. The van der Waals surface area contributed by atoms with Gasteiger partial charge in [-0.25, -0.2) is 9.97 Å². The normalized spacial score (nSPS) is 12.8. The first-order valence-electron chi connectivity index (χ1n) is 6.95. The van der Waals surface area contributed by atoms with E-state index in [4.69, 9.17) is 11.6 Å². The van der Waals surface area contributed by atoms with Crippen molar-refractivity contribution in [3.63, 3.8) is 0 Å². The van der Waals surface area contributed by atoms with Crippen LogP contribution in [0.3, 0.4) is 0 Å². The molecule has 0 aromatic carbocycles. The first kappa shape index (κ1) is 14.0. The van der Waals surface area contributed by atoms with Crippen molar-refractivity contribution in [1.82, 2.24) is 19.5 Å². The zero-order chi connectivity index (χ0) is 15.0. The first-order valence-corrected chi connectivity index (χ1v) is 7.38. The molecule has 0 fully saturated rings. The van der Waals surface area contributed by atoms with E-state index in [2.05, 4.69) is 19.5 Å². The van der Waals surface area contributed by atoms with Gasteiger partial charge in [-0.15, -0.1) is 11.6 Å². The number of alkyl halides is 1. The van der Waals surface area contributed by atoms with Crippen LogP contribution in [0.4, 0.5) is 0 Å². The van der Waals surface area contributed by atoms with Crippen LogP contribution in [0.15, 0.2) is 30.3 Å². The van der Waals surface area contributed by atoms with E-state index in [1.165, 1.54) is 0 Å². The predicted octanol–water partition coefficient (Wildman–Crippen LogP) is 3.79. The average Bonchev–Trinajstić information content (AvgIpc) is 2.77. The molecular weight excluding hydrogens is 284 g/mol. The molecule has 0 aliphatic carbocycles. The molecule has 0 radical (unpaired) electrons. The lowest BCUT2D eigenvalue weighted by Gasteiger charge is -2.10. The lowest BCUT2D eigenvalue weighted by atomic mass is 10.3. The maximum Gasteiger partial charge on any atom is 0.160 e. The minimum atomic E-state index is -0.177. The number of nitrogens with zero attached hydrogens (tertiary/aromatic N) is 4. The van der Waals surface area contributed by atoms with Crippen LogP contribution in [0, 0.1) is 13.8 Å². The third-order valence-corrected chi connectivity index (χ3v) is 3.58. The Hall–Kier alpha value is -1.94. The van der Waals surface area contributed by atoms with Gasteiger partial charge in [0.05, 0.1) is 17.6 Å². The highest BCUT2D eigenvalue weighted by molar-refractivity contribution is 6.20. The summed E-state index contributed by atoms with van der Waals surface area (Å²) in [7, 11) is 0. The fourth-order valence-electron chi connectivity index (χ4n) is 2.42. The molecule has 21 heavy (non-hydrogen) atoms. The molecule has 0 aliphatic heterocycles. The molecule has 1 atom stereocenters. The standard InChI is InChI=1S/C16H17ClN4/c1-10-5-4-6-13(18-10)9-21-15(12(3)17)20-14-8-7-11(2)19-16(14)21/h4-8,12H,9H2,1-3H3. The van der Waals surface area contributed by atoms with Crippen LogP contribution in [0.1, 0.15) is 35.2 Å². The SMILES string of the molecule is Cc1cccc(Cn2c(C(C)Cl)nc3ccc(C)nc32)n1. The van der Waals surface area contributed by atoms with Gasteiger partial charge >= 0.3 is 0 Å². The topological polar surface area (TPSA) is 43.6 Å². The summed E-state index contributed by atoms with van der Waals surface area (Å²) in [4.78, 5) is 13.8. The molecule has 0 spiro atoms. The Morgan fingerprint density at radius 1 is 1.05 bits per heavy atom. The minimum Gasteiger partial charge on any atom is -0.305 e. The fraction of sp³-hybridized carbons (Fsp3) is 0.312. The van der Waals surface area contributed by atoms with Crippen LogP contribution in [-0.4, -0.2) is 19.5 Å². The van der Waals surface area contributed by atoms with E-state index in [1.807, 2.05) is 51.1 Å². The molecule has 0 saturated heterocycles. The van der Waals surface area contributed by atoms with Crippen molar-refractivity contribution in [3.8, 4) is 0 Å². The largest absolute Gasteiger partial charge is 0.305 e. The molecular formula is C16H17ClN4. The molecule has 108 valence electrons. The Bertz CT molecular complexity index is 792. The molecule has 3 aromatic rings. The Morgan fingerprint density at radius 2 is 1.81 bits per heavy atom. The van der Waals surface area contributed by atoms with Crippen LogP contribution in [0.5, 0.6) is 0 Å². The number of aryl methyl sites for hydroxylation is 2. The molecule has 0 aliphatic rings. The molecule has 0 amide bonds. The molecule has 1 unspecified atom stereocenters. The third kappa shape index (κ3) is 2.76. The van der Waals surface area contributed by atoms with Gasteiger partial charge in [0, 0.05) is 11.4 Å². The Morgan fingerprint density at radius 3 is 2.52 bits per heavy atom. The maximum atomic E-state index is 6.29. The molecule has 0 bridgehead atoms. The summed E-state index contributed by atoms with van der Waals surface area (Å²) >= 11 is 6.29. The number of rotatable bonds is 3. The third-order valence-electron chi connectivity index (χ3n) is 3.38. The zero-order valence-corrected chi connectivity index (χ0v) is 13.1. The van der Waals surface area contributed by atoms with E-state index in [9.17, 15) is 0 Å². The molecule has 0 N–H and O–H groups in total. The van der Waals surface area contributed by atoms with Crippen molar-refractivity contribution in [2.45, 2.75) is 32.7 Å². The van der Waals surface area contributed by atoms with Crippen LogP contribution in [-0.2, 0) is 6.54 Å². The van der Waals surface area contributed by atoms with Crippen molar-refractivity contribution >= 4 is 22.8 Å². The van der Waals surface area contributed by atoms with Gasteiger partial charge in [-0.05, 0) is 45.0 Å². The molecule has 0 saturated carbocycles. The molecule has 3 heterocycles. The van der Waals surface area contributed by atoms with Crippen molar-refractivity contribution in [1.29, 1.82) is 0 Å². The summed E-state index contributed by atoms with van der Waals surface area (Å²) in [6, 6.07) is 9.97. The van der Waals surface area contributed by atoms with Gasteiger partial charge in [-0.1, -0.05) is 6.07 Å². The van der Waals surface area contributed by atoms with Crippen LogP contribution in [0.25, 0.3) is 11.2 Å². The van der Waals surface area contributed by atoms with Crippen molar-refractivity contribution < 1.29 is 0 Å². The first-order chi connectivity index (χ1) is 10.0. The highest BCUT2D eigenvalue weighted by atomic mass is 35.5. The van der Waals surface area contributed by atoms with Gasteiger partial charge in [0.25, 0.3) is 0 Å². The molecule has 3 rings (SSSR count). The van der Waals surface area contributed by atoms with Crippen molar-refractivity contribution in [2.24, 2.45) is 0 Å². The van der Waals surface area contributed by atoms with Gasteiger partial charge in [0.2, 0.25) is 0 Å². The number of fused-ring (bicyclic) bond motifs is 1. The number of hydrogen-bond donors (Lipinski definition) is 0.